The van der Waals surface area contributed by atoms with E-state index in [4.69, 9.17) is 12.1 Å². The third kappa shape index (κ3) is 7.62. The van der Waals surface area contributed by atoms with Gasteiger partial charge >= 0.3 is 0 Å². The predicted octanol–water partition coefficient (Wildman–Crippen LogP) is 13.0. The Labute approximate surface area is 322 Å². The van der Waals surface area contributed by atoms with Crippen LogP contribution in [-0.2, 0) is 26.5 Å². The number of nitrogens with zero attached hydrogens (tertiary/aromatic N) is 2. The molecule has 0 spiro atoms. The van der Waals surface area contributed by atoms with Gasteiger partial charge in [-0.1, -0.05) is 87.2 Å². The second kappa shape index (κ2) is 14.7. The van der Waals surface area contributed by atoms with Crippen molar-refractivity contribution < 1.29 is 27.3 Å². The molecule has 5 heteroatoms. The van der Waals surface area contributed by atoms with E-state index in [9.17, 15) is 0 Å². The molecule has 0 aliphatic carbocycles. The van der Waals surface area contributed by atoms with E-state index in [0.717, 1.165) is 71.4 Å². The molecule has 4 aromatic heterocycles. The average Bonchev–Trinajstić information content (AvgIpc) is 3.68. The number of benzene rings is 4. The van der Waals surface area contributed by atoms with E-state index in [0.29, 0.717) is 5.56 Å². The Balaban J connectivity index is 0.000000269. The molecule has 0 unspecified atom stereocenters. The first-order valence-corrected chi connectivity index (χ1v) is 17.8. The maximum absolute atomic E-state index is 9.11. The molecule has 8 rings (SSSR count). The van der Waals surface area contributed by atoms with Crippen molar-refractivity contribution in [2.24, 2.45) is 5.41 Å². The zero-order valence-corrected chi connectivity index (χ0v) is 33.5. The van der Waals surface area contributed by atoms with Gasteiger partial charge in [0.1, 0.15) is 5.58 Å². The third-order valence-electron chi connectivity index (χ3n) is 8.78. The molecule has 4 heterocycles. The van der Waals surface area contributed by atoms with Crippen molar-refractivity contribution in [2.75, 3.05) is 0 Å². The van der Waals surface area contributed by atoms with Gasteiger partial charge in [-0.25, -0.2) is 0 Å². The van der Waals surface area contributed by atoms with Crippen LogP contribution in [0.1, 0.15) is 56.2 Å². The molecule has 0 fully saturated rings. The normalized spacial score (nSPS) is 12.3. The van der Waals surface area contributed by atoms with Crippen LogP contribution < -0.4 is 0 Å². The number of hydrogen-bond acceptors (Lipinski definition) is 4. The van der Waals surface area contributed by atoms with E-state index in [-0.39, 0.29) is 20.1 Å². The second-order valence-corrected chi connectivity index (χ2v) is 15.4. The molecular formula is C46H42IrN2OS-2. The van der Waals surface area contributed by atoms with Crippen molar-refractivity contribution in [1.82, 2.24) is 9.97 Å². The van der Waals surface area contributed by atoms with E-state index in [1.54, 1.807) is 17.5 Å². The summed E-state index contributed by atoms with van der Waals surface area (Å²) in [7, 11) is 0. The van der Waals surface area contributed by atoms with Gasteiger partial charge < -0.3 is 14.4 Å². The summed E-state index contributed by atoms with van der Waals surface area (Å²) in [5.41, 5.74) is 11.7. The smallest absolute Gasteiger partial charge is 0.138 e. The number of aryl methyl sites for hydroxylation is 5. The average molecular weight is 865 g/mol. The third-order valence-corrected chi connectivity index (χ3v) is 9.85. The number of aromatic nitrogens is 2. The van der Waals surface area contributed by atoms with Gasteiger partial charge in [-0.05, 0) is 95.7 Å². The second-order valence-electron chi connectivity index (χ2n) is 14.2. The van der Waals surface area contributed by atoms with Crippen LogP contribution in [-0.4, -0.2) is 9.97 Å². The van der Waals surface area contributed by atoms with Crippen LogP contribution in [0, 0.1) is 52.2 Å². The van der Waals surface area contributed by atoms with Gasteiger partial charge in [0.05, 0.1) is 10.3 Å². The largest absolute Gasteiger partial charge is 0.499 e. The minimum Gasteiger partial charge on any atom is -0.499 e. The van der Waals surface area contributed by atoms with Gasteiger partial charge in [-0.15, -0.1) is 64.9 Å². The van der Waals surface area contributed by atoms with E-state index in [1.807, 2.05) is 70.3 Å². The van der Waals surface area contributed by atoms with Gasteiger partial charge in [0.15, 0.2) is 0 Å². The fraction of sp³-hybridized carbons (Fsp3) is 0.217. The Morgan fingerprint density at radius 2 is 1.49 bits per heavy atom. The number of hydrogen-bond donors (Lipinski definition) is 0. The van der Waals surface area contributed by atoms with Crippen LogP contribution in [0.15, 0.2) is 102 Å². The molecule has 4 aromatic carbocycles. The molecule has 0 aliphatic rings. The van der Waals surface area contributed by atoms with Crippen LogP contribution in [0.25, 0.3) is 65.7 Å². The zero-order chi connectivity index (χ0) is 36.9. The topological polar surface area (TPSA) is 38.9 Å². The number of rotatable bonds is 4. The molecule has 8 aromatic rings. The minimum absolute atomic E-state index is 0. The maximum Gasteiger partial charge on any atom is 0.138 e. The minimum atomic E-state index is -1.60. The molecule has 0 bridgehead atoms. The molecule has 51 heavy (non-hydrogen) atoms. The molecule has 0 atom stereocenters. The summed E-state index contributed by atoms with van der Waals surface area (Å²) in [6, 6.07) is 35.5. The van der Waals surface area contributed by atoms with Crippen molar-refractivity contribution in [1.29, 1.82) is 0 Å². The monoisotopic (exact) mass is 865 g/mol. The maximum atomic E-state index is 9.11. The Morgan fingerprint density at radius 1 is 0.765 bits per heavy atom. The molecule has 259 valence electrons. The van der Waals surface area contributed by atoms with Gasteiger partial charge in [0.2, 0.25) is 0 Å². The summed E-state index contributed by atoms with van der Waals surface area (Å²) >= 11 is 1.75. The number of fused-ring (bicyclic) bond motifs is 5. The predicted molar refractivity (Wildman–Crippen MR) is 212 cm³/mol. The first kappa shape index (κ1) is 33.7. The van der Waals surface area contributed by atoms with Crippen molar-refractivity contribution in [3.8, 4) is 33.6 Å². The van der Waals surface area contributed by atoms with Gasteiger partial charge in [0, 0.05) is 45.5 Å². The fourth-order valence-corrected chi connectivity index (χ4v) is 7.44. The van der Waals surface area contributed by atoms with E-state index < -0.39 is 11.8 Å². The van der Waals surface area contributed by atoms with Crippen molar-refractivity contribution in [2.45, 2.75) is 61.8 Å². The van der Waals surface area contributed by atoms with Gasteiger partial charge in [0.25, 0.3) is 0 Å². The summed E-state index contributed by atoms with van der Waals surface area (Å²) in [5, 5.41) is 3.31. The SMILES string of the molecule is Cc1c[c-]c(-c2ccc(C)cn2)cc1.[2H]C([2H])(c1cnc(-c2[c-]ccc3c2oc2c3ccc3cc(C)sc32)cc1-c1c(C)cccc1C)C(C)(C)C.[Ir]. The Bertz CT molecular complexity index is 2520. The molecule has 0 saturated carbocycles. The van der Waals surface area contributed by atoms with Crippen LogP contribution in [0.2, 0.25) is 0 Å². The van der Waals surface area contributed by atoms with Gasteiger partial charge in [-0.3, -0.25) is 0 Å². The zero-order valence-electron chi connectivity index (χ0n) is 32.3. The summed E-state index contributed by atoms with van der Waals surface area (Å²) in [6.07, 6.45) is 2.00. The fourth-order valence-electron chi connectivity index (χ4n) is 6.45. The molecular weight excluding hydrogens is 821 g/mol. The van der Waals surface area contributed by atoms with Crippen LogP contribution in [0.4, 0.5) is 0 Å². The summed E-state index contributed by atoms with van der Waals surface area (Å²) in [6.45, 7) is 16.2. The summed E-state index contributed by atoms with van der Waals surface area (Å²) < 4.78 is 25.9. The van der Waals surface area contributed by atoms with Crippen LogP contribution in [0.3, 0.4) is 0 Å². The van der Waals surface area contributed by atoms with E-state index >= 15 is 0 Å². The first-order valence-electron chi connectivity index (χ1n) is 18.0. The Kier molecular flexibility index (Phi) is 9.70. The summed E-state index contributed by atoms with van der Waals surface area (Å²) in [5.74, 6) is 0. The molecule has 0 aliphatic heterocycles. The number of furan rings is 1. The molecule has 0 saturated heterocycles. The number of pyridine rings is 2. The molecule has 0 amide bonds. The quantitative estimate of drug-likeness (QED) is 0.165. The summed E-state index contributed by atoms with van der Waals surface area (Å²) in [4.78, 5) is 10.4. The Hall–Kier alpha value is -4.41. The van der Waals surface area contributed by atoms with Gasteiger partial charge in [-0.2, -0.15) is 0 Å². The molecule has 3 nitrogen and oxygen atoms in total. The standard InChI is InChI=1S/C33H30NOS.C13H12N.Ir/c1-19-9-7-10-20(2)29(19)27-16-28(34-18-23(27)17-33(4,5)6)26-12-8-11-24-25-14-13-22-15-21(3)36-32(22)31(25)35-30(24)26;1-10-3-6-12(7-4-10)13-8-5-11(2)9-14-13;/h7-11,13-16,18H,17H2,1-6H3;3-6,8-9H,1-2H3;/q2*-1;/i17D2;;. The number of thiophene rings is 1. The molecule has 1 radical (unpaired) electrons. The van der Waals surface area contributed by atoms with E-state index in [2.05, 4.69) is 93.3 Å². The van der Waals surface area contributed by atoms with Crippen LogP contribution >= 0.6 is 11.3 Å². The van der Waals surface area contributed by atoms with Crippen molar-refractivity contribution in [3.63, 3.8) is 0 Å². The first-order chi connectivity index (χ1) is 24.7. The molecule has 0 N–H and O–H groups in total. The van der Waals surface area contributed by atoms with E-state index in [1.165, 1.54) is 21.4 Å². The van der Waals surface area contributed by atoms with Crippen molar-refractivity contribution in [3.05, 3.63) is 142 Å². The van der Waals surface area contributed by atoms with Crippen molar-refractivity contribution >= 4 is 43.4 Å². The Morgan fingerprint density at radius 3 is 2.18 bits per heavy atom. The van der Waals surface area contributed by atoms with Crippen LogP contribution in [0.5, 0.6) is 0 Å².